The van der Waals surface area contributed by atoms with E-state index in [1.54, 1.807) is 0 Å². The molecular weight excluding hydrogens is 174 g/mol. The Hall–Kier alpha value is -1.35. The Kier molecular flexibility index (Phi) is 4.72. The molecule has 3 N–H and O–H groups in total. The first-order valence-corrected chi connectivity index (χ1v) is 4.96. The minimum atomic E-state index is 0.845. The van der Waals surface area contributed by atoms with Gasteiger partial charge in [0.25, 0.3) is 0 Å². The van der Waals surface area contributed by atoms with Crippen LogP contribution in [-0.4, -0.2) is 5.84 Å². The van der Waals surface area contributed by atoms with Gasteiger partial charge < -0.3 is 5.43 Å². The predicted octanol–water partition coefficient (Wildman–Crippen LogP) is 2.37. The summed E-state index contributed by atoms with van der Waals surface area (Å²) in [5, 5.41) is 0. The van der Waals surface area contributed by atoms with Crippen LogP contribution in [0.5, 0.6) is 0 Å². The van der Waals surface area contributed by atoms with E-state index in [0.717, 1.165) is 30.8 Å². The largest absolute Gasteiger partial charge is 0.312 e. The number of unbranched alkanes of at least 4 members (excludes halogenated alkanes) is 1. The van der Waals surface area contributed by atoms with Crippen LogP contribution in [0, 0.1) is 0 Å². The summed E-state index contributed by atoms with van der Waals surface area (Å²) in [6, 6.07) is 9.83. The van der Waals surface area contributed by atoms with Crippen LogP contribution in [0.3, 0.4) is 0 Å². The van der Waals surface area contributed by atoms with Crippen molar-refractivity contribution < 1.29 is 0 Å². The van der Waals surface area contributed by atoms with E-state index in [0.29, 0.717) is 0 Å². The molecule has 3 nitrogen and oxygen atoms in total. The molecule has 0 amide bonds. The van der Waals surface area contributed by atoms with Crippen LogP contribution in [0.15, 0.2) is 35.3 Å². The molecule has 0 aliphatic rings. The second-order valence-corrected chi connectivity index (χ2v) is 3.14. The molecule has 0 spiro atoms. The monoisotopic (exact) mass is 191 g/mol. The van der Waals surface area contributed by atoms with E-state index < -0.39 is 0 Å². The number of hydrogen-bond donors (Lipinski definition) is 2. The molecule has 0 bridgehead atoms. The van der Waals surface area contributed by atoms with Crippen molar-refractivity contribution in [1.29, 1.82) is 0 Å². The number of hydrazine groups is 1. The lowest BCUT2D eigenvalue weighted by Gasteiger charge is -2.04. The van der Waals surface area contributed by atoms with E-state index in [2.05, 4.69) is 17.3 Å². The number of nitrogens with two attached hydrogens (primary N) is 1. The van der Waals surface area contributed by atoms with Crippen molar-refractivity contribution >= 4 is 11.5 Å². The highest BCUT2D eigenvalue weighted by Gasteiger charge is 1.95. The smallest absolute Gasteiger partial charge is 0.116 e. The van der Waals surface area contributed by atoms with Crippen LogP contribution in [-0.2, 0) is 0 Å². The zero-order valence-electron chi connectivity index (χ0n) is 8.53. The number of hydrogen-bond acceptors (Lipinski definition) is 2. The number of nitrogens with one attached hydrogen (secondary N) is 1. The average Bonchev–Trinajstić information content (AvgIpc) is 2.25. The highest BCUT2D eigenvalue weighted by atomic mass is 15.2. The Labute approximate surface area is 85.0 Å². The summed E-state index contributed by atoms with van der Waals surface area (Å²) < 4.78 is 0. The summed E-state index contributed by atoms with van der Waals surface area (Å²) in [5.74, 6) is 6.23. The van der Waals surface area contributed by atoms with Gasteiger partial charge in [-0.25, -0.2) is 10.8 Å². The maximum atomic E-state index is 5.38. The molecule has 0 aromatic heterocycles. The van der Waals surface area contributed by atoms with E-state index in [1.165, 1.54) is 0 Å². The molecule has 14 heavy (non-hydrogen) atoms. The SMILES string of the molecule is CCCCC(=Nc1ccccc1)NN. The molecule has 0 saturated carbocycles. The molecule has 0 radical (unpaired) electrons. The average molecular weight is 191 g/mol. The Morgan fingerprint density at radius 1 is 1.36 bits per heavy atom. The molecule has 0 aliphatic carbocycles. The molecule has 1 rings (SSSR count). The van der Waals surface area contributed by atoms with Gasteiger partial charge in [0.05, 0.1) is 5.69 Å². The normalized spacial score (nSPS) is 11.4. The molecule has 1 aromatic carbocycles. The van der Waals surface area contributed by atoms with Crippen LogP contribution < -0.4 is 11.3 Å². The molecule has 0 unspecified atom stereocenters. The third-order valence-corrected chi connectivity index (χ3v) is 1.95. The van der Waals surface area contributed by atoms with Crippen molar-refractivity contribution in [2.75, 3.05) is 0 Å². The first-order chi connectivity index (χ1) is 6.86. The van der Waals surface area contributed by atoms with Gasteiger partial charge in [0.1, 0.15) is 5.84 Å². The lowest BCUT2D eigenvalue weighted by Crippen LogP contribution is -2.29. The number of rotatable bonds is 4. The number of benzene rings is 1. The molecule has 0 heterocycles. The third kappa shape index (κ3) is 3.58. The molecule has 76 valence electrons. The lowest BCUT2D eigenvalue weighted by atomic mass is 10.2. The first-order valence-electron chi connectivity index (χ1n) is 4.96. The summed E-state index contributed by atoms with van der Waals surface area (Å²) in [7, 11) is 0. The van der Waals surface area contributed by atoms with Crippen molar-refractivity contribution in [2.24, 2.45) is 10.8 Å². The standard InChI is InChI=1S/C11H17N3/c1-2-3-9-11(14-12)13-10-7-5-4-6-8-10/h4-8H,2-3,9,12H2,1H3,(H,13,14). The summed E-state index contributed by atoms with van der Waals surface area (Å²) in [5.41, 5.74) is 3.58. The van der Waals surface area contributed by atoms with Crippen molar-refractivity contribution in [3.63, 3.8) is 0 Å². The fourth-order valence-corrected chi connectivity index (χ4v) is 1.16. The Morgan fingerprint density at radius 3 is 2.64 bits per heavy atom. The highest BCUT2D eigenvalue weighted by Crippen LogP contribution is 2.10. The Balaban J connectivity index is 2.64. The number of amidine groups is 1. The van der Waals surface area contributed by atoms with Crippen molar-refractivity contribution in [2.45, 2.75) is 26.2 Å². The van der Waals surface area contributed by atoms with Gasteiger partial charge in [-0.05, 0) is 18.6 Å². The topological polar surface area (TPSA) is 50.4 Å². The third-order valence-electron chi connectivity index (χ3n) is 1.95. The lowest BCUT2D eigenvalue weighted by molar-refractivity contribution is 0.808. The first kappa shape index (κ1) is 10.7. The van der Waals surface area contributed by atoms with E-state index in [4.69, 9.17) is 5.84 Å². The quantitative estimate of drug-likeness (QED) is 0.332. The van der Waals surface area contributed by atoms with Crippen molar-refractivity contribution in [1.82, 2.24) is 5.43 Å². The number of para-hydroxylation sites is 1. The van der Waals surface area contributed by atoms with Gasteiger partial charge in [0.2, 0.25) is 0 Å². The van der Waals surface area contributed by atoms with Gasteiger partial charge in [0.15, 0.2) is 0 Å². The second-order valence-electron chi connectivity index (χ2n) is 3.14. The van der Waals surface area contributed by atoms with Crippen molar-refractivity contribution in [3.8, 4) is 0 Å². The maximum absolute atomic E-state index is 5.38. The van der Waals surface area contributed by atoms with Crippen LogP contribution in [0.4, 0.5) is 5.69 Å². The molecule has 0 fully saturated rings. The van der Waals surface area contributed by atoms with Crippen LogP contribution in [0.1, 0.15) is 26.2 Å². The molecule has 3 heteroatoms. The summed E-state index contributed by atoms with van der Waals surface area (Å²) in [6.07, 6.45) is 3.16. The highest BCUT2D eigenvalue weighted by molar-refractivity contribution is 5.84. The molecule has 0 atom stereocenters. The maximum Gasteiger partial charge on any atom is 0.116 e. The van der Waals surface area contributed by atoms with Crippen LogP contribution in [0.25, 0.3) is 0 Å². The Bertz CT molecular complexity index is 280. The minimum Gasteiger partial charge on any atom is -0.312 e. The van der Waals surface area contributed by atoms with E-state index in [9.17, 15) is 0 Å². The fraction of sp³-hybridized carbons (Fsp3) is 0.364. The van der Waals surface area contributed by atoms with Gasteiger partial charge in [0, 0.05) is 6.42 Å². The zero-order valence-corrected chi connectivity index (χ0v) is 8.53. The molecule has 0 aliphatic heterocycles. The number of nitrogens with zero attached hydrogens (tertiary/aromatic N) is 1. The Morgan fingerprint density at radius 2 is 2.07 bits per heavy atom. The summed E-state index contributed by atoms with van der Waals surface area (Å²) in [4.78, 5) is 4.40. The number of aliphatic imine (C=N–C) groups is 1. The van der Waals surface area contributed by atoms with Crippen LogP contribution in [0.2, 0.25) is 0 Å². The zero-order chi connectivity index (χ0) is 10.2. The van der Waals surface area contributed by atoms with Crippen molar-refractivity contribution in [3.05, 3.63) is 30.3 Å². The fourth-order valence-electron chi connectivity index (χ4n) is 1.16. The van der Waals surface area contributed by atoms with Gasteiger partial charge in [-0.2, -0.15) is 0 Å². The predicted molar refractivity (Wildman–Crippen MR) is 60.4 cm³/mol. The molecule has 0 saturated heterocycles. The molecule has 1 aromatic rings. The summed E-state index contributed by atoms with van der Waals surface area (Å²) in [6.45, 7) is 2.15. The van der Waals surface area contributed by atoms with E-state index in [-0.39, 0.29) is 0 Å². The van der Waals surface area contributed by atoms with Gasteiger partial charge >= 0.3 is 0 Å². The van der Waals surface area contributed by atoms with Crippen LogP contribution >= 0.6 is 0 Å². The molecular formula is C11H17N3. The minimum absolute atomic E-state index is 0.845. The van der Waals surface area contributed by atoms with Gasteiger partial charge in [-0.1, -0.05) is 31.5 Å². The second kappa shape index (κ2) is 6.16. The van der Waals surface area contributed by atoms with Gasteiger partial charge in [-0.15, -0.1) is 0 Å². The van der Waals surface area contributed by atoms with Gasteiger partial charge in [-0.3, -0.25) is 0 Å². The van der Waals surface area contributed by atoms with E-state index in [1.807, 2.05) is 30.3 Å². The van der Waals surface area contributed by atoms with E-state index >= 15 is 0 Å². The summed E-state index contributed by atoms with van der Waals surface area (Å²) >= 11 is 0.